The zero-order valence-electron chi connectivity index (χ0n) is 15.0. The Hall–Kier alpha value is -3.58. The van der Waals surface area contributed by atoms with Crippen molar-refractivity contribution in [2.24, 2.45) is 0 Å². The Morgan fingerprint density at radius 1 is 0.929 bits per heavy atom. The molecular weight excluding hydrogens is 370 g/mol. The van der Waals surface area contributed by atoms with E-state index >= 15 is 0 Å². The normalized spacial score (nSPS) is 15.0. The smallest absolute Gasteiger partial charge is 0.304 e. The molecule has 0 unspecified atom stereocenters. The molecule has 28 heavy (non-hydrogen) atoms. The fourth-order valence-corrected chi connectivity index (χ4v) is 2.59. The van der Waals surface area contributed by atoms with E-state index < -0.39 is 9.85 Å². The molecule has 1 aromatic carbocycles. The molecule has 3 N–H and O–H groups in total. The van der Waals surface area contributed by atoms with Gasteiger partial charge in [0.2, 0.25) is 11.6 Å². The second-order valence-corrected chi connectivity index (χ2v) is 6.13. The van der Waals surface area contributed by atoms with Gasteiger partial charge in [-0.2, -0.15) is 0 Å². The summed E-state index contributed by atoms with van der Waals surface area (Å²) in [6, 6.07) is 5.58. The summed E-state index contributed by atoms with van der Waals surface area (Å²) in [7, 11) is 2.01. The van der Waals surface area contributed by atoms with Gasteiger partial charge in [0.05, 0.1) is 15.5 Å². The van der Waals surface area contributed by atoms with Crippen molar-refractivity contribution in [2.45, 2.75) is 0 Å². The van der Waals surface area contributed by atoms with E-state index in [1.165, 1.54) is 30.6 Å². The number of likely N-dealkylation sites (N-methyl/N-ethyl adjacent to an activating group) is 1. The molecule has 1 aromatic heterocycles. The van der Waals surface area contributed by atoms with Crippen LogP contribution in [-0.4, -0.2) is 63.0 Å². The Kier molecular flexibility index (Phi) is 5.76. The molecule has 0 spiro atoms. The maximum Gasteiger partial charge on any atom is 0.356 e. The molecule has 0 atom stereocenters. The lowest BCUT2D eigenvalue weighted by atomic mass is 10.3. The molecule has 0 bridgehead atoms. The first-order valence-corrected chi connectivity index (χ1v) is 8.40. The highest BCUT2D eigenvalue weighted by atomic mass is 16.6. The zero-order valence-corrected chi connectivity index (χ0v) is 15.0. The van der Waals surface area contributed by atoms with Crippen molar-refractivity contribution in [2.75, 3.05) is 49.5 Å². The molecule has 1 aliphatic heterocycles. The second kappa shape index (κ2) is 8.41. The molecule has 1 saturated heterocycles. The van der Waals surface area contributed by atoms with Crippen LogP contribution >= 0.6 is 0 Å². The second-order valence-electron chi connectivity index (χ2n) is 6.13. The van der Waals surface area contributed by atoms with Gasteiger partial charge in [0, 0.05) is 38.3 Å². The van der Waals surface area contributed by atoms with E-state index in [9.17, 15) is 20.2 Å². The number of non-ortho nitro benzene ring substituents is 1. The third kappa shape index (κ3) is 4.57. The van der Waals surface area contributed by atoms with Crippen LogP contribution in [0.15, 0.2) is 30.6 Å². The molecule has 0 amide bonds. The minimum absolute atomic E-state index is 0.0324. The molecule has 2 aromatic rings. The molecule has 1 aliphatic rings. The van der Waals surface area contributed by atoms with Gasteiger partial charge in [-0.3, -0.25) is 36.5 Å². The van der Waals surface area contributed by atoms with Crippen molar-refractivity contribution >= 4 is 28.7 Å². The van der Waals surface area contributed by atoms with E-state index in [4.69, 9.17) is 0 Å². The Labute approximate surface area is 159 Å². The molecule has 13 heteroatoms. The summed E-state index contributed by atoms with van der Waals surface area (Å²) in [5, 5.41) is 24.1. The summed E-state index contributed by atoms with van der Waals surface area (Å²) in [5.41, 5.74) is 8.50. The fourth-order valence-electron chi connectivity index (χ4n) is 2.59. The van der Waals surface area contributed by atoms with Crippen molar-refractivity contribution in [1.29, 1.82) is 0 Å². The van der Waals surface area contributed by atoms with Crippen LogP contribution in [0.25, 0.3) is 0 Å². The largest absolute Gasteiger partial charge is 0.356 e. The summed E-state index contributed by atoms with van der Waals surface area (Å²) in [5.74, 6) is 0.0486. The number of nitrogens with zero attached hydrogens (tertiary/aromatic N) is 6. The van der Waals surface area contributed by atoms with Gasteiger partial charge in [-0.05, 0) is 19.2 Å². The van der Waals surface area contributed by atoms with E-state index in [1.54, 1.807) is 0 Å². The lowest BCUT2D eigenvalue weighted by molar-refractivity contribution is -0.384. The summed E-state index contributed by atoms with van der Waals surface area (Å²) >= 11 is 0. The third-order valence-electron chi connectivity index (χ3n) is 4.18. The Balaban J connectivity index is 1.73. The predicted octanol–water partition coefficient (Wildman–Crippen LogP) is 1.31. The van der Waals surface area contributed by atoms with Gasteiger partial charge in [-0.1, -0.05) is 0 Å². The maximum absolute atomic E-state index is 11.6. The summed E-state index contributed by atoms with van der Waals surface area (Å²) in [6.45, 7) is 3.06. The highest BCUT2D eigenvalue weighted by molar-refractivity contribution is 5.70. The highest BCUT2D eigenvalue weighted by Gasteiger charge is 2.25. The number of hydrazine groups is 2. The fraction of sp³-hybridized carbons (Fsp3) is 0.333. The minimum atomic E-state index is -0.571. The predicted molar refractivity (Wildman–Crippen MR) is 102 cm³/mol. The van der Waals surface area contributed by atoms with Gasteiger partial charge in [0.1, 0.15) is 6.33 Å². The molecule has 3 rings (SSSR count). The number of hydrogen-bond donors (Lipinski definition) is 3. The number of benzene rings is 1. The Bertz CT molecular complexity index is 853. The third-order valence-corrected chi connectivity index (χ3v) is 4.18. The summed E-state index contributed by atoms with van der Waals surface area (Å²) < 4.78 is 0. The number of piperazine rings is 1. The number of aromatic nitrogens is 2. The van der Waals surface area contributed by atoms with Crippen LogP contribution in [0.2, 0.25) is 0 Å². The first-order valence-electron chi connectivity index (χ1n) is 8.40. The number of nitro groups is 2. The van der Waals surface area contributed by atoms with Crippen molar-refractivity contribution in [3.8, 4) is 0 Å². The number of nitrogens with one attached hydrogen (secondary N) is 3. The number of rotatable bonds is 7. The van der Waals surface area contributed by atoms with Crippen molar-refractivity contribution in [3.05, 3.63) is 50.8 Å². The van der Waals surface area contributed by atoms with E-state index in [0.717, 1.165) is 13.1 Å². The van der Waals surface area contributed by atoms with Crippen molar-refractivity contribution in [1.82, 2.24) is 19.9 Å². The molecule has 1 fully saturated rings. The number of hydrogen-bond acceptors (Lipinski definition) is 11. The standard InChI is InChI=1S/C15H19N9O4/c1-21-6-8-22(9-7-21)20-15-13(24(27)28)14(16-10-17-15)19-18-11-2-4-12(5-3-11)23(25)26/h2-5,10,18H,6-9H2,1H3,(H2,16,17,19,20). The van der Waals surface area contributed by atoms with Crippen LogP contribution in [0, 0.1) is 20.2 Å². The molecule has 0 saturated carbocycles. The van der Waals surface area contributed by atoms with Crippen LogP contribution in [0.1, 0.15) is 0 Å². The van der Waals surface area contributed by atoms with Crippen LogP contribution in [0.3, 0.4) is 0 Å². The highest BCUT2D eigenvalue weighted by Crippen LogP contribution is 2.29. The van der Waals surface area contributed by atoms with Crippen molar-refractivity contribution < 1.29 is 9.85 Å². The average molecular weight is 389 g/mol. The zero-order chi connectivity index (χ0) is 20.1. The molecule has 148 valence electrons. The number of nitro benzene ring substituents is 1. The van der Waals surface area contributed by atoms with Crippen LogP contribution in [0.4, 0.5) is 28.7 Å². The lowest BCUT2D eigenvalue weighted by Gasteiger charge is -2.32. The quantitative estimate of drug-likeness (QED) is 0.463. The molecule has 0 radical (unpaired) electrons. The van der Waals surface area contributed by atoms with Crippen molar-refractivity contribution in [3.63, 3.8) is 0 Å². The van der Waals surface area contributed by atoms with E-state index in [0.29, 0.717) is 18.8 Å². The van der Waals surface area contributed by atoms with Gasteiger partial charge < -0.3 is 4.90 Å². The Morgan fingerprint density at radius 3 is 2.18 bits per heavy atom. The van der Waals surface area contributed by atoms with Crippen LogP contribution in [0.5, 0.6) is 0 Å². The first-order chi connectivity index (χ1) is 13.4. The Morgan fingerprint density at radius 2 is 1.57 bits per heavy atom. The maximum atomic E-state index is 11.6. The first kappa shape index (κ1) is 19.2. The molecule has 2 heterocycles. The van der Waals surface area contributed by atoms with Gasteiger partial charge in [-0.25, -0.2) is 15.0 Å². The summed E-state index contributed by atoms with van der Waals surface area (Å²) in [6.07, 6.45) is 1.21. The van der Waals surface area contributed by atoms with Crippen LogP contribution < -0.4 is 16.3 Å². The van der Waals surface area contributed by atoms with Crippen LogP contribution in [-0.2, 0) is 0 Å². The average Bonchev–Trinajstić information content (AvgIpc) is 2.68. The monoisotopic (exact) mass is 389 g/mol. The molecule has 0 aliphatic carbocycles. The SMILES string of the molecule is CN1CCN(Nc2ncnc(NNc3ccc([N+](=O)[O-])cc3)c2[N+](=O)[O-])CC1. The topological polar surface area (TPSA) is 155 Å². The van der Waals surface area contributed by atoms with E-state index in [2.05, 4.69) is 31.1 Å². The van der Waals surface area contributed by atoms with Gasteiger partial charge >= 0.3 is 5.69 Å². The van der Waals surface area contributed by atoms with Gasteiger partial charge in [0.15, 0.2) is 0 Å². The molecule has 13 nitrogen and oxygen atoms in total. The van der Waals surface area contributed by atoms with E-state index in [-0.39, 0.29) is 23.0 Å². The minimum Gasteiger partial charge on any atom is -0.304 e. The van der Waals surface area contributed by atoms with Gasteiger partial charge in [0.25, 0.3) is 5.69 Å². The number of anilines is 3. The molecular formula is C15H19N9O4. The van der Waals surface area contributed by atoms with Gasteiger partial charge in [-0.15, -0.1) is 0 Å². The lowest BCUT2D eigenvalue weighted by Crippen LogP contribution is -2.47. The summed E-state index contributed by atoms with van der Waals surface area (Å²) in [4.78, 5) is 31.3. The van der Waals surface area contributed by atoms with E-state index in [1.807, 2.05) is 12.1 Å².